The Morgan fingerprint density at radius 3 is 2.69 bits per heavy atom. The number of primary amides is 1. The quantitative estimate of drug-likeness (QED) is 0.817. The van der Waals surface area contributed by atoms with E-state index >= 15 is 0 Å². The Bertz CT molecular complexity index is 442. The maximum absolute atomic E-state index is 11.4. The lowest BCUT2D eigenvalue weighted by atomic mass is 10.0. The molecule has 1 saturated heterocycles. The van der Waals surface area contributed by atoms with E-state index in [2.05, 4.69) is 16.8 Å². The lowest BCUT2D eigenvalue weighted by Crippen LogP contribution is -2.47. The van der Waals surface area contributed by atoms with Crippen LogP contribution in [0.2, 0.25) is 0 Å². The first-order valence-corrected chi connectivity index (χ1v) is 5.55. The number of nitrogens with zero attached hydrogens (tertiary/aromatic N) is 2. The Hall–Kier alpha value is -1.58. The molecule has 1 aliphatic heterocycles. The predicted octanol–water partition coefficient (Wildman–Crippen LogP) is 1.40. The average molecular weight is 219 g/mol. The Morgan fingerprint density at radius 2 is 2.25 bits per heavy atom. The first-order valence-electron chi connectivity index (χ1n) is 5.55. The fourth-order valence-electron chi connectivity index (χ4n) is 1.92. The number of hydrogen-bond donors (Lipinski definition) is 1. The number of aromatic nitrogens is 1. The third-order valence-electron chi connectivity index (χ3n) is 3.30. The highest BCUT2D eigenvalue weighted by Crippen LogP contribution is 2.28. The van der Waals surface area contributed by atoms with Crippen LogP contribution in [0.4, 0.5) is 5.82 Å². The molecule has 2 N–H and O–H groups in total. The van der Waals surface area contributed by atoms with Gasteiger partial charge in [0.15, 0.2) is 0 Å². The number of anilines is 1. The molecular weight excluding hydrogens is 202 g/mol. The van der Waals surface area contributed by atoms with Crippen molar-refractivity contribution in [2.24, 2.45) is 5.73 Å². The SMILES string of the molecule is Cc1cc(C(N)=O)c(N2CCC2C)nc1C. The highest BCUT2D eigenvalue weighted by molar-refractivity contribution is 5.98. The average Bonchev–Trinajstić information content (AvgIpc) is 2.20. The summed E-state index contributed by atoms with van der Waals surface area (Å²) in [5, 5.41) is 0. The van der Waals surface area contributed by atoms with Gasteiger partial charge in [-0.3, -0.25) is 4.79 Å². The Kier molecular flexibility index (Phi) is 2.58. The summed E-state index contributed by atoms with van der Waals surface area (Å²) in [6, 6.07) is 2.29. The molecule has 1 atom stereocenters. The molecule has 4 nitrogen and oxygen atoms in total. The fraction of sp³-hybridized carbons (Fsp3) is 0.500. The standard InChI is InChI=1S/C12H17N3O/c1-7-6-10(11(13)16)12(14-9(7)3)15-5-4-8(15)2/h6,8H,4-5H2,1-3H3,(H2,13,16). The van der Waals surface area contributed by atoms with E-state index in [4.69, 9.17) is 5.73 Å². The van der Waals surface area contributed by atoms with E-state index < -0.39 is 5.91 Å². The molecule has 2 rings (SSSR count). The molecule has 1 aromatic rings. The first kappa shape index (κ1) is 10.9. The molecule has 16 heavy (non-hydrogen) atoms. The highest BCUT2D eigenvalue weighted by Gasteiger charge is 2.28. The molecule has 4 heteroatoms. The van der Waals surface area contributed by atoms with Crippen LogP contribution in [-0.2, 0) is 0 Å². The van der Waals surface area contributed by atoms with Crippen molar-refractivity contribution in [3.8, 4) is 0 Å². The van der Waals surface area contributed by atoms with Crippen molar-refractivity contribution in [2.75, 3.05) is 11.4 Å². The molecule has 1 amide bonds. The van der Waals surface area contributed by atoms with Crippen molar-refractivity contribution in [1.82, 2.24) is 4.98 Å². The molecular formula is C12H17N3O. The van der Waals surface area contributed by atoms with Gasteiger partial charge in [-0.05, 0) is 38.8 Å². The Labute approximate surface area is 95.5 Å². The maximum atomic E-state index is 11.4. The summed E-state index contributed by atoms with van der Waals surface area (Å²) in [5.74, 6) is 0.346. The van der Waals surface area contributed by atoms with E-state index in [0.717, 1.165) is 30.0 Å². The van der Waals surface area contributed by atoms with Crippen LogP contribution < -0.4 is 10.6 Å². The van der Waals surface area contributed by atoms with Crippen molar-refractivity contribution in [3.05, 3.63) is 22.9 Å². The number of aryl methyl sites for hydroxylation is 2. The second-order valence-corrected chi connectivity index (χ2v) is 4.46. The van der Waals surface area contributed by atoms with Crippen LogP contribution in [0.15, 0.2) is 6.07 Å². The first-order chi connectivity index (χ1) is 7.50. The number of amides is 1. The van der Waals surface area contributed by atoms with Gasteiger partial charge in [-0.2, -0.15) is 0 Å². The number of carbonyl (C=O) groups excluding carboxylic acids is 1. The summed E-state index contributed by atoms with van der Waals surface area (Å²) < 4.78 is 0. The summed E-state index contributed by atoms with van der Waals surface area (Å²) in [4.78, 5) is 18.0. The fourth-order valence-corrected chi connectivity index (χ4v) is 1.92. The van der Waals surface area contributed by atoms with Crippen LogP contribution in [0.5, 0.6) is 0 Å². The van der Waals surface area contributed by atoms with Crippen LogP contribution in [0, 0.1) is 13.8 Å². The number of rotatable bonds is 2. The Balaban J connectivity index is 2.49. The third-order valence-corrected chi connectivity index (χ3v) is 3.30. The van der Waals surface area contributed by atoms with E-state index in [1.807, 2.05) is 19.9 Å². The number of hydrogen-bond acceptors (Lipinski definition) is 3. The smallest absolute Gasteiger partial charge is 0.252 e. The molecule has 1 aliphatic rings. The van der Waals surface area contributed by atoms with Crippen molar-refractivity contribution < 1.29 is 4.79 Å². The van der Waals surface area contributed by atoms with E-state index in [-0.39, 0.29) is 0 Å². The third kappa shape index (κ3) is 1.64. The largest absolute Gasteiger partial charge is 0.365 e. The zero-order valence-corrected chi connectivity index (χ0v) is 9.95. The molecule has 0 radical (unpaired) electrons. The van der Waals surface area contributed by atoms with Crippen LogP contribution in [0.1, 0.15) is 35.0 Å². The van der Waals surface area contributed by atoms with Gasteiger partial charge >= 0.3 is 0 Å². The van der Waals surface area contributed by atoms with Gasteiger partial charge in [0.1, 0.15) is 5.82 Å². The van der Waals surface area contributed by atoms with Gasteiger partial charge in [-0.25, -0.2) is 4.98 Å². The topological polar surface area (TPSA) is 59.2 Å². The van der Waals surface area contributed by atoms with Gasteiger partial charge in [0.2, 0.25) is 0 Å². The Morgan fingerprint density at radius 1 is 1.56 bits per heavy atom. The lowest BCUT2D eigenvalue weighted by Gasteiger charge is -2.40. The molecule has 0 spiro atoms. The molecule has 1 unspecified atom stereocenters. The summed E-state index contributed by atoms with van der Waals surface area (Å²) in [6.07, 6.45) is 1.15. The maximum Gasteiger partial charge on any atom is 0.252 e. The van der Waals surface area contributed by atoms with E-state index in [1.165, 1.54) is 0 Å². The molecule has 0 aliphatic carbocycles. The second-order valence-electron chi connectivity index (χ2n) is 4.46. The van der Waals surface area contributed by atoms with Crippen LogP contribution in [0.25, 0.3) is 0 Å². The van der Waals surface area contributed by atoms with Crippen molar-refractivity contribution >= 4 is 11.7 Å². The minimum Gasteiger partial charge on any atom is -0.365 e. The summed E-state index contributed by atoms with van der Waals surface area (Å²) in [7, 11) is 0. The minimum absolute atomic E-state index is 0.398. The number of nitrogens with two attached hydrogens (primary N) is 1. The minimum atomic E-state index is -0.398. The van der Waals surface area contributed by atoms with Gasteiger partial charge in [-0.15, -0.1) is 0 Å². The molecule has 0 bridgehead atoms. The van der Waals surface area contributed by atoms with Gasteiger partial charge < -0.3 is 10.6 Å². The monoisotopic (exact) mass is 219 g/mol. The van der Waals surface area contributed by atoms with Crippen LogP contribution >= 0.6 is 0 Å². The number of carbonyl (C=O) groups is 1. The van der Waals surface area contributed by atoms with Gasteiger partial charge in [0.25, 0.3) is 5.91 Å². The normalized spacial score (nSPS) is 19.4. The zero-order chi connectivity index (χ0) is 11.9. The van der Waals surface area contributed by atoms with E-state index in [9.17, 15) is 4.79 Å². The molecule has 0 aromatic carbocycles. The van der Waals surface area contributed by atoms with E-state index in [1.54, 1.807) is 0 Å². The molecule has 0 saturated carbocycles. The zero-order valence-electron chi connectivity index (χ0n) is 9.95. The van der Waals surface area contributed by atoms with Crippen molar-refractivity contribution in [3.63, 3.8) is 0 Å². The van der Waals surface area contributed by atoms with Gasteiger partial charge in [0, 0.05) is 18.3 Å². The summed E-state index contributed by atoms with van der Waals surface area (Å²) in [5.41, 5.74) is 7.89. The number of pyridine rings is 1. The van der Waals surface area contributed by atoms with Crippen LogP contribution in [0.3, 0.4) is 0 Å². The molecule has 86 valence electrons. The predicted molar refractivity (Wildman–Crippen MR) is 63.7 cm³/mol. The summed E-state index contributed by atoms with van der Waals surface area (Å²) >= 11 is 0. The van der Waals surface area contributed by atoms with Gasteiger partial charge in [-0.1, -0.05) is 0 Å². The van der Waals surface area contributed by atoms with E-state index in [0.29, 0.717) is 11.6 Å². The summed E-state index contributed by atoms with van der Waals surface area (Å²) in [6.45, 7) is 6.98. The highest BCUT2D eigenvalue weighted by atomic mass is 16.1. The molecule has 2 heterocycles. The lowest BCUT2D eigenvalue weighted by molar-refractivity contribution is 0.1000. The van der Waals surface area contributed by atoms with Crippen molar-refractivity contribution in [1.29, 1.82) is 0 Å². The van der Waals surface area contributed by atoms with Crippen LogP contribution in [-0.4, -0.2) is 23.5 Å². The molecule has 1 fully saturated rings. The molecule has 1 aromatic heterocycles. The van der Waals surface area contributed by atoms with Gasteiger partial charge in [0.05, 0.1) is 5.56 Å². The van der Waals surface area contributed by atoms with Crippen molar-refractivity contribution in [2.45, 2.75) is 33.2 Å². The second kappa shape index (κ2) is 3.77.